The maximum atomic E-state index is 10.7. The number of anilines is 1. The average Bonchev–Trinajstić information content (AvgIpc) is 2.30. The lowest BCUT2D eigenvalue weighted by Gasteiger charge is -1.90. The summed E-state index contributed by atoms with van der Waals surface area (Å²) in [5, 5.41) is 14.8. The molecule has 0 unspecified atom stereocenters. The molecule has 0 radical (unpaired) electrons. The molecule has 0 saturated heterocycles. The summed E-state index contributed by atoms with van der Waals surface area (Å²) in [6.07, 6.45) is 0.174. The number of rotatable bonds is 2. The lowest BCUT2D eigenvalue weighted by atomic mass is 10.1. The molecule has 1 aromatic heterocycles. The van der Waals surface area contributed by atoms with E-state index in [1.54, 1.807) is 0 Å². The fourth-order valence-electron chi connectivity index (χ4n) is 0.896. The molecule has 3 N–H and O–H groups in total. The van der Waals surface area contributed by atoms with Crippen molar-refractivity contribution < 1.29 is 4.79 Å². The van der Waals surface area contributed by atoms with Gasteiger partial charge in [0.15, 0.2) is 5.82 Å². The number of nitrogens with two attached hydrogens (primary N) is 1. The number of hydrogen-bond acceptors (Lipinski definition) is 4. The molecule has 62 valence electrons. The summed E-state index contributed by atoms with van der Waals surface area (Å²) < 4.78 is 0. The Bertz CT molecular complexity index is 347. The van der Waals surface area contributed by atoms with Crippen LogP contribution < -0.4 is 5.73 Å². The smallest absolute Gasteiger partial charge is 0.163 e. The van der Waals surface area contributed by atoms with Crippen molar-refractivity contribution >= 4 is 11.6 Å². The first kappa shape index (κ1) is 8.27. The van der Waals surface area contributed by atoms with E-state index in [9.17, 15) is 4.79 Å². The molecule has 1 rings (SSSR count). The number of hydrogen-bond donors (Lipinski definition) is 2. The quantitative estimate of drug-likeness (QED) is 0.642. The topological polar surface area (TPSA) is 95.6 Å². The Hall–Kier alpha value is -1.83. The Balaban J connectivity index is 3.01. The van der Waals surface area contributed by atoms with Gasteiger partial charge in [-0.3, -0.25) is 9.89 Å². The summed E-state index contributed by atoms with van der Waals surface area (Å²) in [5.74, 6) is 0.115. The highest BCUT2D eigenvalue weighted by molar-refractivity contribution is 5.78. The lowest BCUT2D eigenvalue weighted by molar-refractivity contribution is -0.116. The van der Waals surface area contributed by atoms with Crippen LogP contribution in [0.1, 0.15) is 18.2 Å². The van der Waals surface area contributed by atoms with Crippen molar-refractivity contribution in [2.24, 2.45) is 0 Å². The minimum Gasteiger partial charge on any atom is -0.381 e. The van der Waals surface area contributed by atoms with Crippen molar-refractivity contribution in [3.05, 3.63) is 11.3 Å². The second-order valence-electron chi connectivity index (χ2n) is 2.45. The Morgan fingerprint density at radius 2 is 2.50 bits per heavy atom. The van der Waals surface area contributed by atoms with Gasteiger partial charge in [-0.2, -0.15) is 10.4 Å². The molecule has 0 spiro atoms. The second kappa shape index (κ2) is 3.05. The predicted molar refractivity (Wildman–Crippen MR) is 42.1 cm³/mol. The SMILES string of the molecule is CC(=O)Cc1[nH]nc(N)c1C#N. The van der Waals surface area contributed by atoms with E-state index in [4.69, 9.17) is 11.0 Å². The van der Waals surface area contributed by atoms with Crippen molar-refractivity contribution in [1.82, 2.24) is 10.2 Å². The number of Topliss-reactive ketones (excluding diaryl/α,β-unsaturated/α-hetero) is 1. The van der Waals surface area contributed by atoms with E-state index in [1.165, 1.54) is 6.92 Å². The van der Waals surface area contributed by atoms with Crippen LogP contribution in [0.5, 0.6) is 0 Å². The minimum absolute atomic E-state index is 0.0323. The molecule has 0 aliphatic rings. The van der Waals surface area contributed by atoms with Crippen molar-refractivity contribution in [3.8, 4) is 6.07 Å². The maximum absolute atomic E-state index is 10.7. The summed E-state index contributed by atoms with van der Waals surface area (Å²) >= 11 is 0. The Kier molecular flexibility index (Phi) is 2.10. The van der Waals surface area contributed by atoms with Crippen molar-refractivity contribution in [1.29, 1.82) is 5.26 Å². The highest BCUT2D eigenvalue weighted by Crippen LogP contribution is 2.11. The monoisotopic (exact) mass is 164 g/mol. The molecule has 0 aliphatic carbocycles. The van der Waals surface area contributed by atoms with E-state index >= 15 is 0 Å². The van der Waals surface area contributed by atoms with Crippen LogP contribution in [0.4, 0.5) is 5.82 Å². The molecule has 0 amide bonds. The van der Waals surface area contributed by atoms with Gasteiger partial charge in [0.1, 0.15) is 17.4 Å². The molecule has 12 heavy (non-hydrogen) atoms. The van der Waals surface area contributed by atoms with Gasteiger partial charge in [-0.05, 0) is 6.92 Å². The third-order valence-corrected chi connectivity index (χ3v) is 1.41. The molecular weight excluding hydrogens is 156 g/mol. The normalized spacial score (nSPS) is 9.33. The number of nitriles is 1. The van der Waals surface area contributed by atoms with Crippen LogP contribution in [0.3, 0.4) is 0 Å². The Morgan fingerprint density at radius 3 is 3.00 bits per heavy atom. The summed E-state index contributed by atoms with van der Waals surface area (Å²) in [4.78, 5) is 10.7. The molecule has 0 aromatic carbocycles. The summed E-state index contributed by atoms with van der Waals surface area (Å²) in [7, 11) is 0. The zero-order chi connectivity index (χ0) is 9.14. The Labute approximate surface area is 69.2 Å². The fraction of sp³-hybridized carbons (Fsp3) is 0.286. The number of carbonyl (C=O) groups excluding carboxylic acids is 1. The van der Waals surface area contributed by atoms with Crippen molar-refractivity contribution in [2.45, 2.75) is 13.3 Å². The molecule has 0 saturated carbocycles. The largest absolute Gasteiger partial charge is 0.381 e. The molecule has 0 aliphatic heterocycles. The molecule has 0 bridgehead atoms. The Morgan fingerprint density at radius 1 is 1.83 bits per heavy atom. The first-order chi connectivity index (χ1) is 5.65. The number of nitrogen functional groups attached to an aromatic ring is 1. The molecule has 1 aromatic rings. The van der Waals surface area contributed by atoms with Crippen LogP contribution in [0, 0.1) is 11.3 Å². The number of aromatic nitrogens is 2. The molecular formula is C7H8N4O. The highest BCUT2D eigenvalue weighted by atomic mass is 16.1. The molecule has 5 heteroatoms. The van der Waals surface area contributed by atoms with Crippen LogP contribution in [0.25, 0.3) is 0 Å². The highest BCUT2D eigenvalue weighted by Gasteiger charge is 2.10. The number of aromatic amines is 1. The molecule has 5 nitrogen and oxygen atoms in total. The number of H-pyrrole nitrogens is 1. The van der Waals surface area contributed by atoms with Gasteiger partial charge < -0.3 is 5.73 Å². The number of nitrogens with zero attached hydrogens (tertiary/aromatic N) is 2. The minimum atomic E-state index is -0.0323. The fourth-order valence-corrected chi connectivity index (χ4v) is 0.896. The zero-order valence-electron chi connectivity index (χ0n) is 6.59. The zero-order valence-corrected chi connectivity index (χ0v) is 6.59. The predicted octanol–water partition coefficient (Wildman–Crippen LogP) is -0.00492. The van der Waals surface area contributed by atoms with Crippen molar-refractivity contribution in [2.75, 3.05) is 5.73 Å². The van der Waals surface area contributed by atoms with Gasteiger partial charge in [-0.15, -0.1) is 0 Å². The van der Waals surface area contributed by atoms with Gasteiger partial charge in [0.05, 0.1) is 5.69 Å². The second-order valence-corrected chi connectivity index (χ2v) is 2.45. The van der Waals surface area contributed by atoms with Gasteiger partial charge in [-0.25, -0.2) is 0 Å². The summed E-state index contributed by atoms with van der Waals surface area (Å²) in [6.45, 7) is 1.44. The van der Waals surface area contributed by atoms with Crippen LogP contribution in [-0.4, -0.2) is 16.0 Å². The van der Waals surface area contributed by atoms with Gasteiger partial charge in [0.25, 0.3) is 0 Å². The number of nitrogens with one attached hydrogen (secondary N) is 1. The van der Waals surface area contributed by atoms with E-state index in [2.05, 4.69) is 10.2 Å². The van der Waals surface area contributed by atoms with E-state index in [0.29, 0.717) is 5.69 Å². The van der Waals surface area contributed by atoms with Crippen LogP contribution in [0.15, 0.2) is 0 Å². The molecule has 0 fully saturated rings. The first-order valence-corrected chi connectivity index (χ1v) is 3.37. The van der Waals surface area contributed by atoms with Gasteiger partial charge >= 0.3 is 0 Å². The number of ketones is 1. The molecule has 1 heterocycles. The molecule has 0 atom stereocenters. The third-order valence-electron chi connectivity index (χ3n) is 1.41. The maximum Gasteiger partial charge on any atom is 0.163 e. The van der Waals surface area contributed by atoms with E-state index in [0.717, 1.165) is 0 Å². The summed E-state index contributed by atoms with van der Waals surface area (Å²) in [6, 6.07) is 1.88. The van der Waals surface area contributed by atoms with E-state index < -0.39 is 0 Å². The average molecular weight is 164 g/mol. The van der Waals surface area contributed by atoms with Crippen LogP contribution in [-0.2, 0) is 11.2 Å². The third kappa shape index (κ3) is 1.42. The standard InChI is InChI=1S/C7H8N4O/c1-4(12)2-6-5(3-8)7(9)11-10-6/h2H2,1H3,(H3,9,10,11). The van der Waals surface area contributed by atoms with Crippen LogP contribution in [0.2, 0.25) is 0 Å². The van der Waals surface area contributed by atoms with Gasteiger partial charge in [0, 0.05) is 6.42 Å². The first-order valence-electron chi connectivity index (χ1n) is 3.37. The lowest BCUT2D eigenvalue weighted by Crippen LogP contribution is -1.99. The van der Waals surface area contributed by atoms with E-state index in [1.807, 2.05) is 6.07 Å². The van der Waals surface area contributed by atoms with Gasteiger partial charge in [-0.1, -0.05) is 0 Å². The van der Waals surface area contributed by atoms with Crippen LogP contribution >= 0.6 is 0 Å². The number of carbonyl (C=O) groups is 1. The van der Waals surface area contributed by atoms with Crippen molar-refractivity contribution in [3.63, 3.8) is 0 Å². The van der Waals surface area contributed by atoms with Gasteiger partial charge in [0.2, 0.25) is 0 Å². The summed E-state index contributed by atoms with van der Waals surface area (Å²) in [5.41, 5.74) is 6.11. The van der Waals surface area contributed by atoms with E-state index in [-0.39, 0.29) is 23.6 Å².